The average Bonchev–Trinajstić information content (AvgIpc) is 3.31. The van der Waals surface area contributed by atoms with Crippen molar-refractivity contribution < 1.29 is 4.74 Å². The molecule has 0 spiro atoms. The monoisotopic (exact) mass is 360 g/mol. The number of ether oxygens (including phenoxy) is 1. The lowest BCUT2D eigenvalue weighted by Gasteiger charge is -2.22. The van der Waals surface area contributed by atoms with Crippen LogP contribution in [0.2, 0.25) is 0 Å². The predicted octanol–water partition coefficient (Wildman–Crippen LogP) is 5.27. The van der Waals surface area contributed by atoms with Gasteiger partial charge in [0.25, 0.3) is 0 Å². The van der Waals surface area contributed by atoms with Gasteiger partial charge in [-0.15, -0.1) is 12.4 Å². The second kappa shape index (κ2) is 8.27. The van der Waals surface area contributed by atoms with Crippen LogP contribution in [0, 0.1) is 17.8 Å². The fourth-order valence-electron chi connectivity index (χ4n) is 4.63. The molecule has 3 nitrogen and oxygen atoms in total. The summed E-state index contributed by atoms with van der Waals surface area (Å²) in [5.74, 6) is 3.66. The van der Waals surface area contributed by atoms with E-state index in [1.54, 1.807) is 0 Å². The van der Waals surface area contributed by atoms with Crippen LogP contribution in [0.5, 0.6) is 5.88 Å². The van der Waals surface area contributed by atoms with E-state index in [1.165, 1.54) is 36.9 Å². The van der Waals surface area contributed by atoms with Gasteiger partial charge in [-0.05, 0) is 49.0 Å². The van der Waals surface area contributed by atoms with E-state index in [0.29, 0.717) is 6.61 Å². The first-order chi connectivity index (χ1) is 11.8. The number of halogens is 1. The molecule has 2 aliphatic carbocycles. The molecule has 1 aromatic heterocycles. The van der Waals surface area contributed by atoms with Crippen molar-refractivity contribution in [1.29, 1.82) is 0 Å². The van der Waals surface area contributed by atoms with Crippen molar-refractivity contribution in [3.05, 3.63) is 47.7 Å². The zero-order chi connectivity index (χ0) is 16.4. The molecular formula is C21H29ClN2O. The van der Waals surface area contributed by atoms with Gasteiger partial charge in [0.05, 0.1) is 5.69 Å². The van der Waals surface area contributed by atoms with Crippen molar-refractivity contribution in [3.8, 4) is 5.88 Å². The lowest BCUT2D eigenvalue weighted by atomic mass is 9.89. The third-order valence-electron chi connectivity index (χ3n) is 5.82. The summed E-state index contributed by atoms with van der Waals surface area (Å²) in [6, 6.07) is 12.6. The number of aromatic nitrogens is 2. The lowest BCUT2D eigenvalue weighted by Crippen LogP contribution is -2.19. The molecule has 1 heterocycles. The second-order valence-corrected chi connectivity index (χ2v) is 7.62. The Morgan fingerprint density at radius 1 is 1.16 bits per heavy atom. The van der Waals surface area contributed by atoms with Crippen molar-refractivity contribution in [3.63, 3.8) is 0 Å². The smallest absolute Gasteiger partial charge is 0.212 e. The van der Waals surface area contributed by atoms with Crippen LogP contribution in [0.15, 0.2) is 36.4 Å². The normalized spacial score (nSPS) is 24.3. The quantitative estimate of drug-likeness (QED) is 0.672. The number of hydrogen-bond acceptors (Lipinski definition) is 2. The summed E-state index contributed by atoms with van der Waals surface area (Å²) in [6.45, 7) is 3.86. The third-order valence-corrected chi connectivity index (χ3v) is 5.82. The standard InChI is InChI=1S/C21H28N2O.ClH/c1-2-6-20-13-21(24-15-16-7-4-3-5-8-16)23(22-20)14-19-12-17-9-10-18(19)11-17;/h3-5,7-8,13,17-19H,2,6,9-12,14-15H2,1H3;1H. The van der Waals surface area contributed by atoms with Crippen LogP contribution in [0.3, 0.4) is 0 Å². The van der Waals surface area contributed by atoms with E-state index in [0.717, 1.165) is 43.0 Å². The summed E-state index contributed by atoms with van der Waals surface area (Å²) in [6.07, 6.45) is 7.89. The number of hydrogen-bond donors (Lipinski definition) is 0. The molecule has 4 heteroatoms. The van der Waals surface area contributed by atoms with Crippen molar-refractivity contribution in [2.24, 2.45) is 17.8 Å². The molecule has 25 heavy (non-hydrogen) atoms. The molecular weight excluding hydrogens is 332 g/mol. The second-order valence-electron chi connectivity index (χ2n) is 7.62. The molecule has 3 atom stereocenters. The zero-order valence-corrected chi connectivity index (χ0v) is 15.9. The van der Waals surface area contributed by atoms with Gasteiger partial charge in [0.1, 0.15) is 6.61 Å². The van der Waals surface area contributed by atoms with Gasteiger partial charge >= 0.3 is 0 Å². The van der Waals surface area contributed by atoms with E-state index in [2.05, 4.69) is 41.9 Å². The van der Waals surface area contributed by atoms with Gasteiger partial charge in [-0.1, -0.05) is 50.1 Å². The molecule has 136 valence electrons. The topological polar surface area (TPSA) is 27.1 Å². The Labute approximate surface area is 157 Å². The van der Waals surface area contributed by atoms with Crippen LogP contribution >= 0.6 is 12.4 Å². The van der Waals surface area contributed by atoms with Crippen molar-refractivity contribution >= 4 is 12.4 Å². The van der Waals surface area contributed by atoms with Crippen LogP contribution < -0.4 is 4.74 Å². The zero-order valence-electron chi connectivity index (χ0n) is 15.1. The molecule has 0 saturated heterocycles. The van der Waals surface area contributed by atoms with Gasteiger partial charge < -0.3 is 4.74 Å². The highest BCUT2D eigenvalue weighted by atomic mass is 35.5. The lowest BCUT2D eigenvalue weighted by molar-refractivity contribution is 0.236. The maximum atomic E-state index is 6.14. The first-order valence-electron chi connectivity index (χ1n) is 9.55. The molecule has 4 rings (SSSR count). The first-order valence-corrected chi connectivity index (χ1v) is 9.55. The molecule has 0 radical (unpaired) electrons. The minimum atomic E-state index is 0. The van der Waals surface area contributed by atoms with Gasteiger partial charge in [-0.3, -0.25) is 0 Å². The minimum Gasteiger partial charge on any atom is -0.473 e. The fraction of sp³-hybridized carbons (Fsp3) is 0.571. The summed E-state index contributed by atoms with van der Waals surface area (Å²) in [7, 11) is 0. The maximum absolute atomic E-state index is 6.14. The summed E-state index contributed by atoms with van der Waals surface area (Å²) < 4.78 is 8.29. The highest BCUT2D eigenvalue weighted by Gasteiger charge is 2.39. The van der Waals surface area contributed by atoms with Crippen molar-refractivity contribution in [2.75, 3.05) is 0 Å². The Bertz CT molecular complexity index is 670. The summed E-state index contributed by atoms with van der Waals surface area (Å²) in [4.78, 5) is 0. The van der Waals surface area contributed by atoms with E-state index in [4.69, 9.17) is 9.84 Å². The summed E-state index contributed by atoms with van der Waals surface area (Å²) in [5, 5.41) is 4.85. The molecule has 2 aromatic rings. The Kier molecular flexibility index (Phi) is 6.06. The number of fused-ring (bicyclic) bond motifs is 2. The number of benzene rings is 1. The van der Waals surface area contributed by atoms with Crippen molar-refractivity contribution in [1.82, 2.24) is 9.78 Å². The van der Waals surface area contributed by atoms with E-state index in [9.17, 15) is 0 Å². The Balaban J connectivity index is 0.00000182. The minimum absolute atomic E-state index is 0. The maximum Gasteiger partial charge on any atom is 0.212 e. The predicted molar refractivity (Wildman–Crippen MR) is 103 cm³/mol. The Morgan fingerprint density at radius 3 is 2.68 bits per heavy atom. The SMILES string of the molecule is CCCc1cc(OCc2ccccc2)n(CC2CC3CCC2C3)n1.Cl. The molecule has 2 bridgehead atoms. The summed E-state index contributed by atoms with van der Waals surface area (Å²) in [5.41, 5.74) is 2.38. The van der Waals surface area contributed by atoms with Crippen LogP contribution in [-0.4, -0.2) is 9.78 Å². The van der Waals surface area contributed by atoms with Gasteiger partial charge in [0.15, 0.2) is 0 Å². The molecule has 2 saturated carbocycles. The average molecular weight is 361 g/mol. The van der Waals surface area contributed by atoms with Crippen molar-refractivity contribution in [2.45, 2.75) is 58.6 Å². The van der Waals surface area contributed by atoms with Gasteiger partial charge in [-0.25, -0.2) is 4.68 Å². The highest BCUT2D eigenvalue weighted by molar-refractivity contribution is 5.85. The van der Waals surface area contributed by atoms with E-state index >= 15 is 0 Å². The van der Waals surface area contributed by atoms with Gasteiger partial charge in [-0.2, -0.15) is 5.10 Å². The molecule has 1 aromatic carbocycles. The molecule has 2 fully saturated rings. The molecule has 0 N–H and O–H groups in total. The number of nitrogens with zero attached hydrogens (tertiary/aromatic N) is 2. The summed E-state index contributed by atoms with van der Waals surface area (Å²) >= 11 is 0. The molecule has 3 unspecified atom stereocenters. The Hall–Kier alpha value is -1.48. The van der Waals surface area contributed by atoms with E-state index < -0.39 is 0 Å². The van der Waals surface area contributed by atoms with Gasteiger partial charge in [0, 0.05) is 12.6 Å². The molecule has 2 aliphatic rings. The highest BCUT2D eigenvalue weighted by Crippen LogP contribution is 2.49. The van der Waals surface area contributed by atoms with E-state index in [1.807, 2.05) is 6.07 Å². The number of rotatable bonds is 7. The largest absolute Gasteiger partial charge is 0.473 e. The van der Waals surface area contributed by atoms with Gasteiger partial charge in [0.2, 0.25) is 5.88 Å². The molecule has 0 aliphatic heterocycles. The van der Waals surface area contributed by atoms with Crippen LogP contribution in [0.4, 0.5) is 0 Å². The van der Waals surface area contributed by atoms with E-state index in [-0.39, 0.29) is 12.4 Å². The molecule has 0 amide bonds. The number of aryl methyl sites for hydroxylation is 1. The Morgan fingerprint density at radius 2 is 2.00 bits per heavy atom. The first kappa shape index (κ1) is 18.3. The van der Waals surface area contributed by atoms with Crippen LogP contribution in [0.1, 0.15) is 50.3 Å². The van der Waals surface area contributed by atoms with Crippen LogP contribution in [-0.2, 0) is 19.6 Å². The fourth-order valence-corrected chi connectivity index (χ4v) is 4.63. The third kappa shape index (κ3) is 4.20. The van der Waals surface area contributed by atoms with Crippen LogP contribution in [0.25, 0.3) is 0 Å².